The SMILES string of the molecule is CCOc1cc(C(F)(F)F)ccc1C1=NC(c2ccc(Cl)cc2)C(c2ccc(Cl)cc2)N1C(=O)N1CCN(CC(=O)N(C)Cc2ccco2)CC1. The van der Waals surface area contributed by atoms with Gasteiger partial charge in [-0.15, -0.1) is 0 Å². The molecule has 2 unspecified atom stereocenters. The first-order chi connectivity index (χ1) is 24.4. The molecule has 1 fully saturated rings. The van der Waals surface area contributed by atoms with Gasteiger partial charge in [0.1, 0.15) is 23.4 Å². The Kier molecular flexibility index (Phi) is 10.9. The number of nitrogens with zero attached hydrogens (tertiary/aromatic N) is 5. The molecule has 2 aliphatic heterocycles. The Morgan fingerprint density at radius 3 is 2.18 bits per heavy atom. The van der Waals surface area contributed by atoms with Crippen LogP contribution in [0.3, 0.4) is 0 Å². The van der Waals surface area contributed by atoms with E-state index in [1.165, 1.54) is 6.07 Å². The van der Waals surface area contributed by atoms with Crippen molar-refractivity contribution in [2.24, 2.45) is 4.99 Å². The molecule has 2 aliphatic rings. The second-order valence-electron chi connectivity index (χ2n) is 12.3. The summed E-state index contributed by atoms with van der Waals surface area (Å²) in [6, 6.07) is 19.2. The number of benzene rings is 3. The van der Waals surface area contributed by atoms with Crippen LogP contribution >= 0.6 is 23.2 Å². The van der Waals surface area contributed by atoms with E-state index in [1.54, 1.807) is 71.3 Å². The fraction of sp³-hybridized carbons (Fsp3) is 0.324. The highest BCUT2D eigenvalue weighted by molar-refractivity contribution is 6.30. The van der Waals surface area contributed by atoms with Gasteiger partial charge < -0.3 is 19.0 Å². The van der Waals surface area contributed by atoms with Gasteiger partial charge in [0.25, 0.3) is 0 Å². The van der Waals surface area contributed by atoms with E-state index < -0.39 is 23.8 Å². The minimum atomic E-state index is -4.61. The first kappa shape index (κ1) is 36.3. The summed E-state index contributed by atoms with van der Waals surface area (Å²) < 4.78 is 52.6. The number of ether oxygens (including phenoxy) is 1. The van der Waals surface area contributed by atoms with Crippen LogP contribution in [-0.2, 0) is 17.5 Å². The molecule has 0 spiro atoms. The van der Waals surface area contributed by atoms with E-state index in [1.807, 2.05) is 29.2 Å². The number of rotatable bonds is 9. The number of piperazine rings is 1. The lowest BCUT2D eigenvalue weighted by Crippen LogP contribution is -2.55. The van der Waals surface area contributed by atoms with Crippen molar-refractivity contribution in [3.8, 4) is 5.75 Å². The van der Waals surface area contributed by atoms with Gasteiger partial charge in [-0.25, -0.2) is 4.79 Å². The summed E-state index contributed by atoms with van der Waals surface area (Å²) in [4.78, 5) is 39.6. The molecule has 268 valence electrons. The maximum absolute atomic E-state index is 14.8. The van der Waals surface area contributed by atoms with E-state index in [-0.39, 0.29) is 42.2 Å². The Morgan fingerprint density at radius 1 is 0.941 bits per heavy atom. The van der Waals surface area contributed by atoms with Gasteiger partial charge in [0.15, 0.2) is 0 Å². The zero-order valence-electron chi connectivity index (χ0n) is 27.9. The van der Waals surface area contributed by atoms with E-state index >= 15 is 0 Å². The van der Waals surface area contributed by atoms with E-state index in [4.69, 9.17) is 37.3 Å². The van der Waals surface area contributed by atoms with E-state index in [9.17, 15) is 22.8 Å². The molecule has 0 N–H and O–H groups in total. The number of hydrogen-bond acceptors (Lipinski definition) is 6. The lowest BCUT2D eigenvalue weighted by molar-refractivity contribution is -0.137. The van der Waals surface area contributed by atoms with Gasteiger partial charge in [-0.3, -0.25) is 19.6 Å². The van der Waals surface area contributed by atoms with E-state index in [2.05, 4.69) is 0 Å². The van der Waals surface area contributed by atoms with Crippen molar-refractivity contribution in [2.45, 2.75) is 31.7 Å². The number of carbonyl (C=O) groups is 2. The molecule has 0 saturated carbocycles. The van der Waals surface area contributed by atoms with Crippen molar-refractivity contribution in [3.63, 3.8) is 0 Å². The summed E-state index contributed by atoms with van der Waals surface area (Å²) >= 11 is 12.5. The summed E-state index contributed by atoms with van der Waals surface area (Å²) in [5.74, 6) is 0.725. The fourth-order valence-corrected chi connectivity index (χ4v) is 6.55. The summed E-state index contributed by atoms with van der Waals surface area (Å²) in [7, 11) is 1.71. The molecule has 0 bridgehead atoms. The number of amidine groups is 1. The minimum Gasteiger partial charge on any atom is -0.493 e. The van der Waals surface area contributed by atoms with Crippen molar-refractivity contribution >= 4 is 41.0 Å². The molecule has 0 aliphatic carbocycles. The number of hydrogen-bond donors (Lipinski definition) is 0. The maximum atomic E-state index is 14.8. The highest BCUT2D eigenvalue weighted by atomic mass is 35.5. The van der Waals surface area contributed by atoms with Crippen LogP contribution in [0.5, 0.6) is 5.75 Å². The van der Waals surface area contributed by atoms with Crippen LogP contribution in [-0.4, -0.2) is 83.8 Å². The van der Waals surface area contributed by atoms with Crippen LogP contribution in [0.25, 0.3) is 0 Å². The molecular weight excluding hydrogens is 706 g/mol. The van der Waals surface area contributed by atoms with Gasteiger partial charge in [0, 0.05) is 43.3 Å². The average Bonchev–Trinajstić information content (AvgIpc) is 3.77. The van der Waals surface area contributed by atoms with Crippen LogP contribution in [0.1, 0.15) is 47.0 Å². The third kappa shape index (κ3) is 8.19. The van der Waals surface area contributed by atoms with E-state index in [0.717, 1.165) is 23.3 Å². The first-order valence-corrected chi connectivity index (χ1v) is 17.2. The second-order valence-corrected chi connectivity index (χ2v) is 13.2. The van der Waals surface area contributed by atoms with Gasteiger partial charge in [-0.05, 0) is 72.6 Å². The van der Waals surface area contributed by atoms with Crippen LogP contribution < -0.4 is 4.74 Å². The number of likely N-dealkylation sites (N-methyl/N-ethyl adjacent to an activating group) is 1. The van der Waals surface area contributed by atoms with Gasteiger partial charge in [0.2, 0.25) is 5.91 Å². The van der Waals surface area contributed by atoms with Crippen LogP contribution in [0.2, 0.25) is 10.0 Å². The third-order valence-corrected chi connectivity index (χ3v) is 9.45. The topological polar surface area (TPSA) is 81.8 Å². The Labute approximate surface area is 303 Å². The average molecular weight is 743 g/mol. The molecule has 2 atom stereocenters. The lowest BCUT2D eigenvalue weighted by Gasteiger charge is -2.39. The van der Waals surface area contributed by atoms with Gasteiger partial charge in [-0.2, -0.15) is 13.2 Å². The van der Waals surface area contributed by atoms with Crippen molar-refractivity contribution in [2.75, 3.05) is 46.4 Å². The predicted molar refractivity (Wildman–Crippen MR) is 188 cm³/mol. The van der Waals surface area contributed by atoms with Crippen molar-refractivity contribution < 1.29 is 31.9 Å². The van der Waals surface area contributed by atoms with Gasteiger partial charge in [-0.1, -0.05) is 47.5 Å². The van der Waals surface area contributed by atoms with Gasteiger partial charge in [0.05, 0.1) is 43.1 Å². The zero-order valence-corrected chi connectivity index (χ0v) is 29.5. The highest BCUT2D eigenvalue weighted by Gasteiger charge is 2.45. The standard InChI is InChI=1S/C37H36Cl2F3N5O4/c1-3-50-31-21-26(37(40,41)42)10-15-30(31)35-43-33(24-6-11-27(38)12-7-24)34(25-8-13-28(39)14-9-25)47(35)36(49)46-18-16-45(17-19-46)23-32(48)44(2)22-29-5-4-20-51-29/h4-15,20-21,33-34H,3,16-19,22-23H2,1-2H3. The number of aliphatic imine (C=N–C) groups is 1. The molecule has 51 heavy (non-hydrogen) atoms. The molecule has 1 aromatic heterocycles. The quantitative estimate of drug-likeness (QED) is 0.174. The fourth-order valence-electron chi connectivity index (χ4n) is 6.30. The largest absolute Gasteiger partial charge is 0.493 e. The highest BCUT2D eigenvalue weighted by Crippen LogP contribution is 2.46. The number of halogens is 5. The molecule has 0 radical (unpaired) electrons. The normalized spacial score (nSPS) is 18.1. The monoisotopic (exact) mass is 741 g/mol. The Bertz CT molecular complexity index is 1860. The zero-order chi connectivity index (χ0) is 36.3. The Hall–Kier alpha value is -4.52. The maximum Gasteiger partial charge on any atom is 0.416 e. The molecule has 3 aromatic carbocycles. The summed E-state index contributed by atoms with van der Waals surface area (Å²) in [5.41, 5.74) is 0.840. The summed E-state index contributed by atoms with van der Waals surface area (Å²) in [6.07, 6.45) is -3.05. The molecular formula is C37H36Cl2F3N5O4. The molecule has 9 nitrogen and oxygen atoms in total. The molecule has 3 heterocycles. The third-order valence-electron chi connectivity index (χ3n) is 8.95. The molecule has 4 aromatic rings. The summed E-state index contributed by atoms with van der Waals surface area (Å²) in [6.45, 7) is 3.76. The Balaban J connectivity index is 1.33. The number of furan rings is 1. The van der Waals surface area contributed by atoms with Crippen molar-refractivity contribution in [1.82, 2.24) is 19.6 Å². The molecule has 3 amide bonds. The smallest absolute Gasteiger partial charge is 0.416 e. The molecule has 1 saturated heterocycles. The predicted octanol–water partition coefficient (Wildman–Crippen LogP) is 7.94. The van der Waals surface area contributed by atoms with Gasteiger partial charge >= 0.3 is 12.2 Å². The number of carbonyl (C=O) groups excluding carboxylic acids is 2. The molecule has 6 rings (SSSR count). The number of urea groups is 1. The minimum absolute atomic E-state index is 0.0440. The Morgan fingerprint density at radius 2 is 1.59 bits per heavy atom. The van der Waals surface area contributed by atoms with Crippen molar-refractivity contribution in [1.29, 1.82) is 0 Å². The van der Waals surface area contributed by atoms with Crippen LogP contribution in [0, 0.1) is 0 Å². The van der Waals surface area contributed by atoms with Crippen LogP contribution in [0.15, 0.2) is 94.5 Å². The first-order valence-electron chi connectivity index (χ1n) is 16.4. The van der Waals surface area contributed by atoms with Crippen LogP contribution in [0.4, 0.5) is 18.0 Å². The second kappa shape index (κ2) is 15.4. The lowest BCUT2D eigenvalue weighted by atomic mass is 9.93. The molecule has 14 heteroatoms. The number of alkyl halides is 3. The van der Waals surface area contributed by atoms with Crippen molar-refractivity contribution in [3.05, 3.63) is 123 Å². The summed E-state index contributed by atoms with van der Waals surface area (Å²) in [5, 5.41) is 1.02. The van der Waals surface area contributed by atoms with E-state index in [0.29, 0.717) is 48.5 Å². The number of amides is 3.